The van der Waals surface area contributed by atoms with Crippen LogP contribution in [0.3, 0.4) is 0 Å². The number of fused-ring (bicyclic) bond motifs is 1. The zero-order valence-electron chi connectivity index (χ0n) is 12.6. The SMILES string of the molecule is CC(=NNC(=O)c1sc2cc(C)ccc2c1Cl)c1ccncc1. The summed E-state index contributed by atoms with van der Waals surface area (Å²) in [6.45, 7) is 3.83. The molecule has 3 rings (SSSR count). The van der Waals surface area contributed by atoms with Gasteiger partial charge in [0.1, 0.15) is 4.88 Å². The van der Waals surface area contributed by atoms with Gasteiger partial charge < -0.3 is 0 Å². The number of carbonyl (C=O) groups excluding carboxylic acids is 1. The lowest BCUT2D eigenvalue weighted by molar-refractivity contribution is 0.0959. The first-order valence-electron chi connectivity index (χ1n) is 7.00. The fraction of sp³-hybridized carbons (Fsp3) is 0.118. The molecule has 0 unspecified atom stereocenters. The Kier molecular flexibility index (Phi) is 4.41. The summed E-state index contributed by atoms with van der Waals surface area (Å²) in [5, 5.41) is 5.50. The van der Waals surface area contributed by atoms with Crippen molar-refractivity contribution in [2.75, 3.05) is 0 Å². The standard InChI is InChI=1S/C17H14ClN3OS/c1-10-3-4-13-14(9-10)23-16(15(13)18)17(22)21-20-11(2)12-5-7-19-8-6-12/h3-9H,1-2H3,(H,21,22). The van der Waals surface area contributed by atoms with Crippen LogP contribution in [0.5, 0.6) is 0 Å². The zero-order chi connectivity index (χ0) is 16.4. The van der Waals surface area contributed by atoms with Crippen LogP contribution < -0.4 is 5.43 Å². The third-order valence-electron chi connectivity index (χ3n) is 3.41. The minimum absolute atomic E-state index is 0.303. The maximum Gasteiger partial charge on any atom is 0.283 e. The molecule has 1 N–H and O–H groups in total. The smallest absolute Gasteiger partial charge is 0.266 e. The van der Waals surface area contributed by atoms with Crippen LogP contribution >= 0.6 is 22.9 Å². The summed E-state index contributed by atoms with van der Waals surface area (Å²) >= 11 is 7.70. The molecule has 0 radical (unpaired) electrons. The van der Waals surface area contributed by atoms with Crippen molar-refractivity contribution in [1.82, 2.24) is 10.4 Å². The number of benzene rings is 1. The van der Waals surface area contributed by atoms with Crippen LogP contribution in [0.15, 0.2) is 47.8 Å². The second-order valence-corrected chi connectivity index (χ2v) is 6.55. The van der Waals surface area contributed by atoms with E-state index in [-0.39, 0.29) is 5.91 Å². The van der Waals surface area contributed by atoms with Crippen LogP contribution in [-0.2, 0) is 0 Å². The quantitative estimate of drug-likeness (QED) is 0.565. The Morgan fingerprint density at radius 3 is 2.74 bits per heavy atom. The van der Waals surface area contributed by atoms with Crippen molar-refractivity contribution < 1.29 is 4.79 Å². The number of aromatic nitrogens is 1. The Bertz CT molecular complexity index is 903. The van der Waals surface area contributed by atoms with Gasteiger partial charge in [0.05, 0.1) is 10.7 Å². The number of pyridine rings is 1. The van der Waals surface area contributed by atoms with Crippen molar-refractivity contribution >= 4 is 44.6 Å². The van der Waals surface area contributed by atoms with Crippen LogP contribution in [0, 0.1) is 6.92 Å². The van der Waals surface area contributed by atoms with E-state index >= 15 is 0 Å². The fourth-order valence-corrected chi connectivity index (χ4v) is 3.67. The molecule has 6 heteroatoms. The van der Waals surface area contributed by atoms with Gasteiger partial charge in [0.2, 0.25) is 0 Å². The fourth-order valence-electron chi connectivity index (χ4n) is 2.16. The number of rotatable bonds is 3. The zero-order valence-corrected chi connectivity index (χ0v) is 14.2. The molecule has 23 heavy (non-hydrogen) atoms. The number of nitrogens with zero attached hydrogens (tertiary/aromatic N) is 2. The number of carbonyl (C=O) groups is 1. The average molecular weight is 344 g/mol. The van der Waals surface area contributed by atoms with Crippen molar-refractivity contribution in [1.29, 1.82) is 0 Å². The summed E-state index contributed by atoms with van der Waals surface area (Å²) in [6, 6.07) is 9.61. The molecule has 2 aromatic heterocycles. The van der Waals surface area contributed by atoms with E-state index in [2.05, 4.69) is 15.5 Å². The van der Waals surface area contributed by atoms with Crippen molar-refractivity contribution in [2.24, 2.45) is 5.10 Å². The summed E-state index contributed by atoms with van der Waals surface area (Å²) in [7, 11) is 0. The molecule has 0 aliphatic heterocycles. The molecule has 1 amide bonds. The van der Waals surface area contributed by atoms with Crippen LogP contribution in [-0.4, -0.2) is 16.6 Å². The Labute approximate surface area is 142 Å². The Hall–Kier alpha value is -2.24. The van der Waals surface area contributed by atoms with E-state index in [0.29, 0.717) is 15.6 Å². The molecule has 4 nitrogen and oxygen atoms in total. The van der Waals surface area contributed by atoms with Crippen molar-refractivity contribution in [3.8, 4) is 0 Å². The highest BCUT2D eigenvalue weighted by Gasteiger charge is 2.17. The third-order valence-corrected chi connectivity index (χ3v) is 5.07. The van der Waals surface area contributed by atoms with Gasteiger partial charge in [0, 0.05) is 28.0 Å². The maximum atomic E-state index is 12.4. The molecule has 0 aliphatic rings. The molecule has 0 atom stereocenters. The predicted octanol–water partition coefficient (Wildman–Crippen LogP) is 4.41. The summed E-state index contributed by atoms with van der Waals surface area (Å²) in [4.78, 5) is 16.8. The number of amides is 1. The van der Waals surface area contributed by atoms with Gasteiger partial charge in [-0.25, -0.2) is 5.43 Å². The highest BCUT2D eigenvalue weighted by atomic mass is 35.5. The van der Waals surface area contributed by atoms with Gasteiger partial charge in [-0.15, -0.1) is 11.3 Å². The molecule has 0 bridgehead atoms. The molecule has 0 spiro atoms. The molecule has 0 saturated carbocycles. The van der Waals surface area contributed by atoms with E-state index < -0.39 is 0 Å². The number of hydrogen-bond donors (Lipinski definition) is 1. The van der Waals surface area contributed by atoms with Crippen molar-refractivity contribution in [3.63, 3.8) is 0 Å². The van der Waals surface area contributed by atoms with Crippen LogP contribution in [0.4, 0.5) is 0 Å². The van der Waals surface area contributed by atoms with Gasteiger partial charge in [0.15, 0.2) is 0 Å². The average Bonchev–Trinajstić information content (AvgIpc) is 2.89. The molecule has 0 saturated heterocycles. The summed E-state index contributed by atoms with van der Waals surface area (Å²) in [6.07, 6.45) is 3.36. The third kappa shape index (κ3) is 3.25. The minimum atomic E-state index is -0.303. The number of hydrazone groups is 1. The number of aryl methyl sites for hydroxylation is 1. The number of thiophene rings is 1. The second-order valence-electron chi connectivity index (χ2n) is 5.12. The first-order chi connectivity index (χ1) is 11.1. The predicted molar refractivity (Wildman–Crippen MR) is 95.5 cm³/mol. The first-order valence-corrected chi connectivity index (χ1v) is 8.19. The Balaban J connectivity index is 1.85. The number of hydrogen-bond acceptors (Lipinski definition) is 4. The molecule has 1 aromatic carbocycles. The topological polar surface area (TPSA) is 54.4 Å². The van der Waals surface area contributed by atoms with Gasteiger partial charge in [0.25, 0.3) is 5.91 Å². The van der Waals surface area contributed by atoms with E-state index in [0.717, 1.165) is 21.2 Å². The van der Waals surface area contributed by atoms with E-state index in [9.17, 15) is 4.79 Å². The molecular formula is C17H14ClN3OS. The Morgan fingerprint density at radius 1 is 1.26 bits per heavy atom. The van der Waals surface area contributed by atoms with Gasteiger partial charge in [-0.1, -0.05) is 23.7 Å². The first kappa shape index (κ1) is 15.6. The molecule has 2 heterocycles. The highest BCUT2D eigenvalue weighted by molar-refractivity contribution is 7.21. The van der Waals surface area contributed by atoms with Crippen LogP contribution in [0.25, 0.3) is 10.1 Å². The van der Waals surface area contributed by atoms with Crippen LogP contribution in [0.2, 0.25) is 5.02 Å². The monoisotopic (exact) mass is 343 g/mol. The molecule has 116 valence electrons. The summed E-state index contributed by atoms with van der Waals surface area (Å²) in [5.41, 5.74) is 5.31. The number of halogens is 1. The lowest BCUT2D eigenvalue weighted by atomic mass is 10.2. The number of nitrogens with one attached hydrogen (secondary N) is 1. The summed E-state index contributed by atoms with van der Waals surface area (Å²) < 4.78 is 0.995. The molecule has 0 fully saturated rings. The summed E-state index contributed by atoms with van der Waals surface area (Å²) in [5.74, 6) is -0.303. The van der Waals surface area contributed by atoms with E-state index in [1.807, 2.05) is 44.2 Å². The van der Waals surface area contributed by atoms with Gasteiger partial charge >= 0.3 is 0 Å². The maximum absolute atomic E-state index is 12.4. The molecule has 0 aliphatic carbocycles. The van der Waals surface area contributed by atoms with Gasteiger partial charge in [-0.2, -0.15) is 5.10 Å². The molecule has 3 aromatic rings. The van der Waals surface area contributed by atoms with E-state index in [1.165, 1.54) is 11.3 Å². The largest absolute Gasteiger partial charge is 0.283 e. The Morgan fingerprint density at radius 2 is 2.00 bits per heavy atom. The van der Waals surface area contributed by atoms with Gasteiger partial charge in [-0.3, -0.25) is 9.78 Å². The van der Waals surface area contributed by atoms with Crippen molar-refractivity contribution in [3.05, 3.63) is 63.8 Å². The lowest BCUT2D eigenvalue weighted by Gasteiger charge is -2.01. The molecular weight excluding hydrogens is 330 g/mol. The normalized spacial score (nSPS) is 11.7. The highest BCUT2D eigenvalue weighted by Crippen LogP contribution is 2.35. The van der Waals surface area contributed by atoms with Crippen LogP contribution in [0.1, 0.15) is 27.7 Å². The van der Waals surface area contributed by atoms with Gasteiger partial charge in [-0.05, 0) is 37.6 Å². The van der Waals surface area contributed by atoms with Crippen molar-refractivity contribution in [2.45, 2.75) is 13.8 Å². The lowest BCUT2D eigenvalue weighted by Crippen LogP contribution is -2.18. The van der Waals surface area contributed by atoms with E-state index in [1.54, 1.807) is 12.4 Å². The van der Waals surface area contributed by atoms with E-state index in [4.69, 9.17) is 11.6 Å². The second kappa shape index (κ2) is 6.48. The minimum Gasteiger partial charge on any atom is -0.266 e.